The van der Waals surface area contributed by atoms with Crippen LogP contribution in [0.4, 0.5) is 14.5 Å². The van der Waals surface area contributed by atoms with Gasteiger partial charge in [-0.15, -0.1) is 0 Å². The van der Waals surface area contributed by atoms with E-state index in [4.69, 9.17) is 23.2 Å². The predicted molar refractivity (Wildman–Crippen MR) is 122 cm³/mol. The highest BCUT2D eigenvalue weighted by Crippen LogP contribution is 2.40. The first kappa shape index (κ1) is 22.0. The van der Waals surface area contributed by atoms with E-state index in [9.17, 15) is 18.4 Å². The molecule has 3 heterocycles. The van der Waals surface area contributed by atoms with E-state index in [-0.39, 0.29) is 32.6 Å². The molecule has 0 spiro atoms. The number of H-pyrrole nitrogens is 1. The Morgan fingerprint density at radius 3 is 2.62 bits per heavy atom. The van der Waals surface area contributed by atoms with Gasteiger partial charge in [-0.1, -0.05) is 23.2 Å². The first-order chi connectivity index (χ1) is 16.3. The number of pyridine rings is 1. The molecule has 2 amide bonds. The average Bonchev–Trinajstić information content (AvgIpc) is 3.43. The van der Waals surface area contributed by atoms with Crippen molar-refractivity contribution in [3.8, 4) is 11.3 Å². The molecule has 11 heteroatoms. The van der Waals surface area contributed by atoms with Gasteiger partial charge in [0.25, 0.3) is 11.8 Å². The minimum atomic E-state index is -0.886. The Labute approximate surface area is 201 Å². The second-order valence-electron chi connectivity index (χ2n) is 7.49. The van der Waals surface area contributed by atoms with E-state index in [2.05, 4.69) is 25.8 Å². The highest BCUT2D eigenvalue weighted by Gasteiger charge is 2.36. The van der Waals surface area contributed by atoms with Crippen molar-refractivity contribution in [3.05, 3.63) is 98.9 Å². The molecule has 0 saturated heterocycles. The lowest BCUT2D eigenvalue weighted by molar-refractivity contribution is 0.0955. The zero-order chi connectivity index (χ0) is 24.0. The molecule has 0 fully saturated rings. The van der Waals surface area contributed by atoms with Crippen LogP contribution in [0.25, 0.3) is 11.3 Å². The quantitative estimate of drug-likeness (QED) is 0.361. The lowest BCUT2D eigenvalue weighted by atomic mass is 9.97. The number of nitrogens with zero attached hydrogens (tertiary/aromatic N) is 2. The number of carbonyl (C=O) groups is 2. The molecule has 0 unspecified atom stereocenters. The minimum Gasteiger partial charge on any atom is -0.340 e. The van der Waals surface area contributed by atoms with E-state index in [1.54, 1.807) is 12.3 Å². The number of aromatic nitrogens is 3. The molecule has 0 saturated carbocycles. The van der Waals surface area contributed by atoms with E-state index in [1.165, 1.54) is 30.5 Å². The number of carbonyl (C=O) groups excluding carboxylic acids is 2. The average molecular weight is 500 g/mol. The highest BCUT2D eigenvalue weighted by molar-refractivity contribution is 6.31. The molecule has 34 heavy (non-hydrogen) atoms. The van der Waals surface area contributed by atoms with Crippen molar-refractivity contribution in [1.29, 1.82) is 0 Å². The van der Waals surface area contributed by atoms with Crippen LogP contribution in [0, 0.1) is 11.6 Å². The van der Waals surface area contributed by atoms with Crippen LogP contribution >= 0.6 is 23.2 Å². The van der Waals surface area contributed by atoms with Crippen LogP contribution in [-0.4, -0.2) is 27.0 Å². The molecule has 7 nitrogen and oxygen atoms in total. The van der Waals surface area contributed by atoms with Crippen LogP contribution in [0.15, 0.2) is 54.9 Å². The first-order valence-electron chi connectivity index (χ1n) is 9.87. The van der Waals surface area contributed by atoms with Gasteiger partial charge in [0.1, 0.15) is 17.3 Å². The molecular weight excluding hydrogens is 487 g/mol. The largest absolute Gasteiger partial charge is 0.340 e. The number of hydrogen-bond acceptors (Lipinski definition) is 4. The van der Waals surface area contributed by atoms with Crippen LogP contribution in [0.3, 0.4) is 0 Å². The maximum Gasteiger partial charge on any atom is 0.271 e. The Morgan fingerprint density at radius 2 is 1.88 bits per heavy atom. The van der Waals surface area contributed by atoms with Gasteiger partial charge in [0.05, 0.1) is 23.6 Å². The van der Waals surface area contributed by atoms with Gasteiger partial charge < -0.3 is 10.6 Å². The summed E-state index contributed by atoms with van der Waals surface area (Å²) in [4.78, 5) is 30.3. The number of amides is 2. The third kappa shape index (κ3) is 4.00. The molecule has 2 aromatic heterocycles. The molecular formula is C23H13Cl2F2N5O2. The monoisotopic (exact) mass is 499 g/mol. The Balaban J connectivity index is 1.66. The van der Waals surface area contributed by atoms with Gasteiger partial charge in [0, 0.05) is 38.5 Å². The number of nitrogens with one attached hydrogen (secondary N) is 3. The van der Waals surface area contributed by atoms with Crippen molar-refractivity contribution in [2.75, 3.05) is 5.32 Å². The zero-order valence-corrected chi connectivity index (χ0v) is 18.5. The van der Waals surface area contributed by atoms with E-state index in [0.717, 1.165) is 12.1 Å². The van der Waals surface area contributed by atoms with Crippen LogP contribution in [0.1, 0.15) is 38.0 Å². The van der Waals surface area contributed by atoms with Gasteiger partial charge in [-0.25, -0.2) is 13.8 Å². The zero-order valence-electron chi connectivity index (χ0n) is 17.0. The Hall–Kier alpha value is -3.82. The van der Waals surface area contributed by atoms with Crippen LogP contribution in [0.5, 0.6) is 0 Å². The third-order valence-corrected chi connectivity index (χ3v) is 5.84. The molecule has 170 valence electrons. The second-order valence-corrected chi connectivity index (χ2v) is 8.33. The smallest absolute Gasteiger partial charge is 0.271 e. The fourth-order valence-electron chi connectivity index (χ4n) is 3.78. The van der Waals surface area contributed by atoms with Crippen molar-refractivity contribution >= 4 is 40.7 Å². The summed E-state index contributed by atoms with van der Waals surface area (Å²) < 4.78 is 27.8. The number of aromatic amines is 1. The van der Waals surface area contributed by atoms with E-state index in [1.807, 2.05) is 0 Å². The van der Waals surface area contributed by atoms with Crippen LogP contribution in [-0.2, 0) is 0 Å². The summed E-state index contributed by atoms with van der Waals surface area (Å²) in [6.07, 6.45) is 3.07. The Morgan fingerprint density at radius 1 is 1.06 bits per heavy atom. The number of hydrogen-bond donors (Lipinski definition) is 3. The fourth-order valence-corrected chi connectivity index (χ4v) is 4.23. The molecule has 1 aliphatic heterocycles. The molecule has 1 atom stereocenters. The number of anilines is 1. The molecule has 2 aromatic carbocycles. The second kappa shape index (κ2) is 8.51. The fraction of sp³-hybridized carbons (Fsp3) is 0.0435. The summed E-state index contributed by atoms with van der Waals surface area (Å²) in [5.74, 6) is -2.44. The lowest BCUT2D eigenvalue weighted by Gasteiger charge is -2.18. The third-order valence-electron chi connectivity index (χ3n) is 5.27. The number of fused-ring (bicyclic) bond motifs is 1. The van der Waals surface area contributed by atoms with Gasteiger partial charge >= 0.3 is 0 Å². The number of benzene rings is 2. The van der Waals surface area contributed by atoms with Crippen molar-refractivity contribution in [1.82, 2.24) is 20.5 Å². The van der Waals surface area contributed by atoms with E-state index < -0.39 is 29.5 Å². The standard InChI is InChI=1S/C23H13Cl2F2N5O2/c24-12-3-10(4-14(27)5-12)22(33)31-18-7-17(11-8-28-29-9-11)30-21-19(18)20(32-23(21)34)15-6-13(26)1-2-16(15)25/h1-9,20H,(H,28,29)(H,32,34)(H,30,31,33)/t20-/m0/s1. The summed E-state index contributed by atoms with van der Waals surface area (Å²) >= 11 is 12.2. The molecule has 3 N–H and O–H groups in total. The number of halogens is 4. The van der Waals surface area contributed by atoms with E-state index >= 15 is 0 Å². The van der Waals surface area contributed by atoms with Crippen molar-refractivity contribution in [2.24, 2.45) is 0 Å². The normalized spacial score (nSPS) is 14.6. The molecule has 0 radical (unpaired) electrons. The summed E-state index contributed by atoms with van der Waals surface area (Å²) in [5.41, 5.74) is 1.69. The molecule has 1 aliphatic rings. The Kier molecular flexibility index (Phi) is 5.51. The Bertz CT molecular complexity index is 1440. The van der Waals surface area contributed by atoms with Gasteiger partial charge in [-0.2, -0.15) is 5.10 Å². The molecule has 5 rings (SSSR count). The van der Waals surface area contributed by atoms with Gasteiger partial charge in [0.15, 0.2) is 0 Å². The minimum absolute atomic E-state index is 0.0246. The van der Waals surface area contributed by atoms with Crippen LogP contribution < -0.4 is 10.6 Å². The van der Waals surface area contributed by atoms with Crippen molar-refractivity contribution < 1.29 is 18.4 Å². The summed E-state index contributed by atoms with van der Waals surface area (Å²) in [6.45, 7) is 0. The lowest BCUT2D eigenvalue weighted by Crippen LogP contribution is -2.21. The van der Waals surface area contributed by atoms with E-state index in [0.29, 0.717) is 16.8 Å². The van der Waals surface area contributed by atoms with Crippen molar-refractivity contribution in [2.45, 2.75) is 6.04 Å². The topological polar surface area (TPSA) is 99.8 Å². The summed E-state index contributed by atoms with van der Waals surface area (Å²) in [5, 5.41) is 12.3. The van der Waals surface area contributed by atoms with Gasteiger partial charge in [0.2, 0.25) is 0 Å². The maximum absolute atomic E-state index is 14.0. The number of rotatable bonds is 4. The van der Waals surface area contributed by atoms with Crippen molar-refractivity contribution in [3.63, 3.8) is 0 Å². The molecule has 0 bridgehead atoms. The highest BCUT2D eigenvalue weighted by atomic mass is 35.5. The van der Waals surface area contributed by atoms with Crippen LogP contribution in [0.2, 0.25) is 10.0 Å². The predicted octanol–water partition coefficient (Wildman–Crippen LogP) is 5.14. The van der Waals surface area contributed by atoms with Gasteiger partial charge in [-0.3, -0.25) is 14.7 Å². The SMILES string of the molecule is O=C(Nc1cc(-c2cn[nH]c2)nc2c1[C@H](c1cc(F)ccc1Cl)NC2=O)c1cc(F)cc(Cl)c1. The molecule has 0 aliphatic carbocycles. The first-order valence-corrected chi connectivity index (χ1v) is 10.6. The maximum atomic E-state index is 14.0. The summed E-state index contributed by atoms with van der Waals surface area (Å²) in [6, 6.07) is 7.84. The molecule has 4 aromatic rings. The summed E-state index contributed by atoms with van der Waals surface area (Å²) in [7, 11) is 0. The van der Waals surface area contributed by atoms with Gasteiger partial charge in [-0.05, 0) is 42.5 Å².